The first kappa shape index (κ1) is 15.3. The highest BCUT2D eigenvalue weighted by molar-refractivity contribution is 5.76. The van der Waals surface area contributed by atoms with E-state index in [0.29, 0.717) is 17.9 Å². The van der Waals surface area contributed by atoms with Crippen LogP contribution in [0.1, 0.15) is 57.8 Å². The maximum absolute atomic E-state index is 12.2. The van der Waals surface area contributed by atoms with Gasteiger partial charge >= 0.3 is 0 Å². The van der Waals surface area contributed by atoms with Crippen LogP contribution in [-0.4, -0.2) is 59.1 Å². The Morgan fingerprint density at radius 3 is 2.24 bits per heavy atom. The van der Waals surface area contributed by atoms with Crippen molar-refractivity contribution in [3.8, 4) is 0 Å². The van der Waals surface area contributed by atoms with Crippen molar-refractivity contribution in [1.29, 1.82) is 0 Å². The summed E-state index contributed by atoms with van der Waals surface area (Å²) in [6.07, 6.45) is 9.81. The highest BCUT2D eigenvalue weighted by Gasteiger charge is 2.32. The lowest BCUT2D eigenvalue weighted by Gasteiger charge is -2.41. The molecule has 0 radical (unpaired) electrons. The number of aliphatic hydroxyl groups is 1. The number of hydrogen-bond acceptors (Lipinski definition) is 3. The van der Waals surface area contributed by atoms with Crippen molar-refractivity contribution >= 4 is 5.91 Å². The highest BCUT2D eigenvalue weighted by Crippen LogP contribution is 2.29. The van der Waals surface area contributed by atoms with Crippen LogP contribution >= 0.6 is 0 Å². The number of carbonyl (C=O) groups is 1. The Kier molecular flexibility index (Phi) is 5.17. The van der Waals surface area contributed by atoms with Crippen molar-refractivity contribution in [2.45, 2.75) is 69.9 Å². The minimum absolute atomic E-state index is 0.124. The van der Waals surface area contributed by atoms with E-state index in [1.807, 2.05) is 0 Å². The zero-order valence-corrected chi connectivity index (χ0v) is 13.2. The molecule has 2 unspecified atom stereocenters. The fraction of sp³-hybridized carbons (Fsp3) is 0.941. The molecule has 2 atom stereocenters. The maximum atomic E-state index is 12.2. The number of carbonyl (C=O) groups excluding carboxylic acids is 1. The van der Waals surface area contributed by atoms with Gasteiger partial charge in [-0.3, -0.25) is 9.69 Å². The lowest BCUT2D eigenvalue weighted by Crippen LogP contribution is -2.49. The molecule has 4 nitrogen and oxygen atoms in total. The predicted octanol–water partition coefficient (Wildman–Crippen LogP) is 2.01. The van der Waals surface area contributed by atoms with Gasteiger partial charge in [0.15, 0.2) is 0 Å². The van der Waals surface area contributed by atoms with E-state index in [9.17, 15) is 9.90 Å². The van der Waals surface area contributed by atoms with Gasteiger partial charge in [0.05, 0.1) is 6.10 Å². The molecule has 0 aromatic heterocycles. The van der Waals surface area contributed by atoms with E-state index in [1.54, 1.807) is 0 Å². The molecular weight excluding hydrogens is 264 g/mol. The molecule has 3 aliphatic rings. The standard InChI is InChI=1S/C17H30N2O2/c20-16-6-2-1-5-15(16)18-11-7-14(8-12-18)13-17(21)19-9-3-4-10-19/h14-16,20H,1-13H2. The fourth-order valence-corrected chi connectivity index (χ4v) is 4.35. The minimum Gasteiger partial charge on any atom is -0.391 e. The normalized spacial score (nSPS) is 32.5. The first-order valence-corrected chi connectivity index (χ1v) is 8.94. The van der Waals surface area contributed by atoms with Crippen molar-refractivity contribution in [1.82, 2.24) is 9.80 Å². The quantitative estimate of drug-likeness (QED) is 0.866. The first-order chi connectivity index (χ1) is 10.2. The zero-order chi connectivity index (χ0) is 14.7. The molecule has 2 heterocycles. The molecule has 1 saturated carbocycles. The van der Waals surface area contributed by atoms with Crippen molar-refractivity contribution in [3.63, 3.8) is 0 Å². The van der Waals surface area contributed by atoms with E-state index in [2.05, 4.69) is 9.80 Å². The van der Waals surface area contributed by atoms with Gasteiger partial charge < -0.3 is 10.0 Å². The molecule has 4 heteroatoms. The van der Waals surface area contributed by atoms with Crippen LogP contribution in [0, 0.1) is 5.92 Å². The topological polar surface area (TPSA) is 43.8 Å². The lowest BCUT2D eigenvalue weighted by atomic mass is 9.87. The summed E-state index contributed by atoms with van der Waals surface area (Å²) in [6, 6.07) is 0.383. The lowest BCUT2D eigenvalue weighted by molar-refractivity contribution is -0.131. The summed E-state index contributed by atoms with van der Waals surface area (Å²) in [4.78, 5) is 16.8. The smallest absolute Gasteiger partial charge is 0.222 e. The van der Waals surface area contributed by atoms with Crippen molar-refractivity contribution < 1.29 is 9.90 Å². The van der Waals surface area contributed by atoms with Gasteiger partial charge in [0.1, 0.15) is 0 Å². The zero-order valence-electron chi connectivity index (χ0n) is 13.2. The molecule has 0 spiro atoms. The van der Waals surface area contributed by atoms with Crippen LogP contribution in [0.3, 0.4) is 0 Å². The molecule has 1 aliphatic carbocycles. The second-order valence-corrected chi connectivity index (χ2v) is 7.19. The summed E-state index contributed by atoms with van der Waals surface area (Å²) in [7, 11) is 0. The Balaban J connectivity index is 1.43. The van der Waals surface area contributed by atoms with Gasteiger partial charge in [0.25, 0.3) is 0 Å². The SMILES string of the molecule is O=C(CC1CCN(C2CCCCC2O)CC1)N1CCCC1. The highest BCUT2D eigenvalue weighted by atomic mass is 16.3. The van der Waals surface area contributed by atoms with Crippen molar-refractivity contribution in [2.24, 2.45) is 5.92 Å². The Morgan fingerprint density at radius 1 is 0.905 bits per heavy atom. The molecule has 1 amide bonds. The molecule has 0 aromatic rings. The Bertz CT molecular complexity index is 347. The minimum atomic E-state index is -0.124. The van der Waals surface area contributed by atoms with Crippen LogP contribution in [-0.2, 0) is 4.79 Å². The molecule has 1 N–H and O–H groups in total. The molecule has 0 aromatic carbocycles. The average molecular weight is 294 g/mol. The van der Waals surface area contributed by atoms with E-state index >= 15 is 0 Å². The number of amides is 1. The summed E-state index contributed by atoms with van der Waals surface area (Å²) in [5.41, 5.74) is 0. The Hall–Kier alpha value is -0.610. The maximum Gasteiger partial charge on any atom is 0.222 e. The van der Waals surface area contributed by atoms with E-state index in [4.69, 9.17) is 0 Å². The molecule has 21 heavy (non-hydrogen) atoms. The van der Waals surface area contributed by atoms with Crippen LogP contribution in [0.25, 0.3) is 0 Å². The summed E-state index contributed by atoms with van der Waals surface area (Å²) in [5.74, 6) is 0.943. The summed E-state index contributed by atoms with van der Waals surface area (Å²) < 4.78 is 0. The van der Waals surface area contributed by atoms with Gasteiger partial charge in [-0.05, 0) is 57.5 Å². The van der Waals surface area contributed by atoms with Crippen LogP contribution in [0.2, 0.25) is 0 Å². The number of hydrogen-bond donors (Lipinski definition) is 1. The largest absolute Gasteiger partial charge is 0.391 e. The molecule has 3 fully saturated rings. The second-order valence-electron chi connectivity index (χ2n) is 7.19. The van der Waals surface area contributed by atoms with Crippen molar-refractivity contribution in [2.75, 3.05) is 26.2 Å². The van der Waals surface area contributed by atoms with Gasteiger partial charge in [0.2, 0.25) is 5.91 Å². The monoisotopic (exact) mass is 294 g/mol. The average Bonchev–Trinajstić information content (AvgIpc) is 3.03. The van der Waals surface area contributed by atoms with Crippen LogP contribution in [0.4, 0.5) is 0 Å². The molecule has 0 bridgehead atoms. The molecule has 2 aliphatic heterocycles. The summed E-state index contributed by atoms with van der Waals surface area (Å²) in [6.45, 7) is 4.09. The number of likely N-dealkylation sites (tertiary alicyclic amines) is 2. The first-order valence-electron chi connectivity index (χ1n) is 8.94. The van der Waals surface area contributed by atoms with E-state index in [1.165, 1.54) is 25.7 Å². The van der Waals surface area contributed by atoms with Crippen LogP contribution in [0.5, 0.6) is 0 Å². The summed E-state index contributed by atoms with van der Waals surface area (Å²) in [5, 5.41) is 10.2. The third-order valence-electron chi connectivity index (χ3n) is 5.73. The molecule has 3 rings (SSSR count). The van der Waals surface area contributed by atoms with Crippen LogP contribution in [0.15, 0.2) is 0 Å². The van der Waals surface area contributed by atoms with Gasteiger partial charge in [-0.25, -0.2) is 0 Å². The second kappa shape index (κ2) is 7.10. The third kappa shape index (κ3) is 3.78. The van der Waals surface area contributed by atoms with Crippen LogP contribution < -0.4 is 0 Å². The number of piperidine rings is 1. The van der Waals surface area contributed by atoms with Gasteiger partial charge in [-0.15, -0.1) is 0 Å². The number of nitrogens with zero attached hydrogens (tertiary/aromatic N) is 2. The molecular formula is C17H30N2O2. The number of rotatable bonds is 3. The van der Waals surface area contributed by atoms with Crippen molar-refractivity contribution in [3.05, 3.63) is 0 Å². The van der Waals surface area contributed by atoms with Gasteiger partial charge in [0, 0.05) is 25.6 Å². The molecule has 120 valence electrons. The third-order valence-corrected chi connectivity index (χ3v) is 5.73. The molecule has 2 saturated heterocycles. The Morgan fingerprint density at radius 2 is 1.57 bits per heavy atom. The fourth-order valence-electron chi connectivity index (χ4n) is 4.35. The van der Waals surface area contributed by atoms with Gasteiger partial charge in [-0.2, -0.15) is 0 Å². The predicted molar refractivity (Wildman–Crippen MR) is 83.0 cm³/mol. The van der Waals surface area contributed by atoms with Gasteiger partial charge in [-0.1, -0.05) is 12.8 Å². The van der Waals surface area contributed by atoms with E-state index < -0.39 is 0 Å². The van der Waals surface area contributed by atoms with E-state index in [-0.39, 0.29) is 6.10 Å². The Labute approximate surface area is 128 Å². The number of aliphatic hydroxyl groups excluding tert-OH is 1. The summed E-state index contributed by atoms with van der Waals surface area (Å²) >= 11 is 0. The van der Waals surface area contributed by atoms with E-state index in [0.717, 1.165) is 58.3 Å².